The molecule has 0 aliphatic carbocycles. The number of amides is 1. The van der Waals surface area contributed by atoms with Gasteiger partial charge in [-0.1, -0.05) is 30.7 Å². The summed E-state index contributed by atoms with van der Waals surface area (Å²) >= 11 is 1.02. The van der Waals surface area contributed by atoms with E-state index in [-0.39, 0.29) is 27.8 Å². The summed E-state index contributed by atoms with van der Waals surface area (Å²) in [6, 6.07) is 8.93. The highest BCUT2D eigenvalue weighted by Gasteiger charge is 2.48. The Hall–Kier alpha value is -4.38. The van der Waals surface area contributed by atoms with Crippen LogP contribution in [0.2, 0.25) is 0 Å². The number of ether oxygens (including phenoxy) is 4. The molecule has 2 aromatic carbocycles. The summed E-state index contributed by atoms with van der Waals surface area (Å²) in [5, 5.41) is 11.8. The number of aryl methyl sites for hydroxylation is 1. The van der Waals surface area contributed by atoms with Crippen LogP contribution in [0.1, 0.15) is 66.1 Å². The average molecular weight is 593 g/mol. The molecule has 3 aromatic rings. The van der Waals surface area contributed by atoms with Gasteiger partial charge >= 0.3 is 5.91 Å². The van der Waals surface area contributed by atoms with Crippen molar-refractivity contribution in [3.8, 4) is 23.0 Å². The standard InChI is InChI=1S/C31H32N2O8S/c1-5-7-12-39-21-10-8-19(15-23(21)38-6-2)26-25(27(35)20-9-11-22-24(16-20)41-14-13-40-22)28(36)30(37)33(26)31-32-17(3)29(42-31)18(4)34/h8-11,15-16,26,35H,5-7,12-14H2,1-4H3. The minimum atomic E-state index is -1.06. The van der Waals surface area contributed by atoms with Crippen molar-refractivity contribution in [3.05, 3.63) is 63.7 Å². The van der Waals surface area contributed by atoms with Crippen LogP contribution in [0, 0.1) is 6.92 Å². The molecule has 1 saturated heterocycles. The molecule has 1 atom stereocenters. The lowest BCUT2D eigenvalue weighted by Crippen LogP contribution is -2.29. The maximum Gasteiger partial charge on any atom is 0.301 e. The number of nitrogens with zero attached hydrogens (tertiary/aromatic N) is 2. The van der Waals surface area contributed by atoms with Crippen LogP contribution in [0.5, 0.6) is 23.0 Å². The SMILES string of the molecule is CCCCOc1ccc(C2C(=C(O)c3ccc4c(c3)OCCO4)C(=O)C(=O)N2c2nc(C)c(C(C)=O)s2)cc1OCC. The van der Waals surface area contributed by atoms with Crippen molar-refractivity contribution in [3.63, 3.8) is 0 Å². The molecule has 1 amide bonds. The number of aromatic nitrogens is 1. The van der Waals surface area contributed by atoms with E-state index < -0.39 is 17.7 Å². The Morgan fingerprint density at radius 3 is 2.52 bits per heavy atom. The van der Waals surface area contributed by atoms with Gasteiger partial charge in [-0.3, -0.25) is 19.3 Å². The van der Waals surface area contributed by atoms with Gasteiger partial charge in [0, 0.05) is 12.5 Å². The fraction of sp³-hybridized carbons (Fsp3) is 0.355. The first-order valence-corrected chi connectivity index (χ1v) is 14.7. The molecule has 10 nitrogen and oxygen atoms in total. The van der Waals surface area contributed by atoms with Crippen molar-refractivity contribution in [2.24, 2.45) is 0 Å². The quantitative estimate of drug-likeness (QED) is 0.105. The van der Waals surface area contributed by atoms with Gasteiger partial charge in [0.15, 0.2) is 33.9 Å². The van der Waals surface area contributed by atoms with Crippen LogP contribution in [0.4, 0.5) is 5.13 Å². The fourth-order valence-electron chi connectivity index (χ4n) is 4.91. The van der Waals surface area contributed by atoms with E-state index in [0.717, 1.165) is 24.2 Å². The second kappa shape index (κ2) is 12.2. The van der Waals surface area contributed by atoms with E-state index in [1.54, 1.807) is 43.3 Å². The van der Waals surface area contributed by atoms with E-state index in [4.69, 9.17) is 18.9 Å². The van der Waals surface area contributed by atoms with Crippen molar-refractivity contribution in [1.82, 2.24) is 4.98 Å². The number of unbranched alkanes of at least 4 members (excludes halogenated alkanes) is 1. The molecule has 0 bridgehead atoms. The molecule has 1 aromatic heterocycles. The molecule has 0 spiro atoms. The van der Waals surface area contributed by atoms with Crippen LogP contribution in [0.15, 0.2) is 42.0 Å². The maximum atomic E-state index is 13.6. The number of hydrogen-bond acceptors (Lipinski definition) is 10. The largest absolute Gasteiger partial charge is 0.507 e. The third kappa shape index (κ3) is 5.44. The molecule has 3 heterocycles. The zero-order valence-electron chi connectivity index (χ0n) is 23.9. The normalized spacial score (nSPS) is 17.4. The molecular weight excluding hydrogens is 560 g/mol. The van der Waals surface area contributed by atoms with E-state index in [2.05, 4.69) is 11.9 Å². The monoisotopic (exact) mass is 592 g/mol. The molecule has 220 valence electrons. The minimum Gasteiger partial charge on any atom is -0.507 e. The smallest absolute Gasteiger partial charge is 0.301 e. The molecule has 2 aliphatic rings. The van der Waals surface area contributed by atoms with E-state index in [0.29, 0.717) is 65.6 Å². The predicted octanol–water partition coefficient (Wildman–Crippen LogP) is 5.63. The molecule has 11 heteroatoms. The Morgan fingerprint density at radius 1 is 1.07 bits per heavy atom. The molecule has 42 heavy (non-hydrogen) atoms. The lowest BCUT2D eigenvalue weighted by atomic mass is 9.95. The van der Waals surface area contributed by atoms with Crippen LogP contribution in [-0.4, -0.2) is 54.0 Å². The van der Waals surface area contributed by atoms with E-state index >= 15 is 0 Å². The number of anilines is 1. The summed E-state index contributed by atoms with van der Waals surface area (Å²) in [6.45, 7) is 8.62. The predicted molar refractivity (Wildman–Crippen MR) is 157 cm³/mol. The van der Waals surface area contributed by atoms with Gasteiger partial charge in [0.2, 0.25) is 0 Å². The highest BCUT2D eigenvalue weighted by Crippen LogP contribution is 2.46. The molecule has 0 saturated carbocycles. The van der Waals surface area contributed by atoms with E-state index in [1.807, 2.05) is 6.92 Å². The number of aliphatic hydroxyl groups excluding tert-OH is 1. The summed E-state index contributed by atoms with van der Waals surface area (Å²) < 4.78 is 23.1. The van der Waals surface area contributed by atoms with Gasteiger partial charge in [-0.15, -0.1) is 0 Å². The molecular formula is C31H32N2O8S. The highest BCUT2D eigenvalue weighted by molar-refractivity contribution is 7.18. The maximum absolute atomic E-state index is 13.6. The fourth-order valence-corrected chi connectivity index (χ4v) is 5.90. The first-order chi connectivity index (χ1) is 20.2. The Labute approximate surface area is 247 Å². The Bertz CT molecular complexity index is 1580. The van der Waals surface area contributed by atoms with Gasteiger partial charge in [-0.2, -0.15) is 0 Å². The van der Waals surface area contributed by atoms with Crippen LogP contribution in [-0.2, 0) is 9.59 Å². The van der Waals surface area contributed by atoms with Crippen LogP contribution in [0.3, 0.4) is 0 Å². The molecule has 2 aliphatic heterocycles. The second-order valence-corrected chi connectivity index (χ2v) is 10.8. The summed E-state index contributed by atoms with van der Waals surface area (Å²) in [5.41, 5.74) is 1.10. The van der Waals surface area contributed by atoms with Gasteiger partial charge in [0.1, 0.15) is 19.0 Å². The first kappa shape index (κ1) is 29.1. The number of hydrogen-bond donors (Lipinski definition) is 1. The van der Waals surface area contributed by atoms with Crippen molar-refractivity contribution < 1.29 is 38.4 Å². The molecule has 1 unspecified atom stereocenters. The van der Waals surface area contributed by atoms with Crippen molar-refractivity contribution in [1.29, 1.82) is 0 Å². The summed E-state index contributed by atoms with van der Waals surface area (Å²) in [7, 11) is 0. The van der Waals surface area contributed by atoms with Crippen molar-refractivity contribution in [2.75, 3.05) is 31.3 Å². The third-order valence-corrected chi connectivity index (χ3v) is 8.17. The molecule has 1 fully saturated rings. The highest BCUT2D eigenvalue weighted by atomic mass is 32.1. The van der Waals surface area contributed by atoms with E-state index in [1.165, 1.54) is 11.8 Å². The van der Waals surface area contributed by atoms with Gasteiger partial charge in [0.05, 0.1) is 35.4 Å². The lowest BCUT2D eigenvalue weighted by molar-refractivity contribution is -0.132. The van der Waals surface area contributed by atoms with Gasteiger partial charge in [-0.25, -0.2) is 4.98 Å². The molecule has 0 radical (unpaired) electrons. The second-order valence-electron chi connectivity index (χ2n) is 9.84. The number of carbonyl (C=O) groups is 3. The van der Waals surface area contributed by atoms with Gasteiger partial charge in [0.25, 0.3) is 5.78 Å². The number of fused-ring (bicyclic) bond motifs is 1. The lowest BCUT2D eigenvalue weighted by Gasteiger charge is -2.24. The Kier molecular flexibility index (Phi) is 8.49. The topological polar surface area (TPSA) is 124 Å². The van der Waals surface area contributed by atoms with Gasteiger partial charge < -0.3 is 24.1 Å². The molecule has 5 rings (SSSR count). The summed E-state index contributed by atoms with van der Waals surface area (Å²) in [5.74, 6) is -0.422. The van der Waals surface area contributed by atoms with Crippen LogP contribution < -0.4 is 23.8 Å². The number of rotatable bonds is 10. The number of aliphatic hydroxyl groups is 1. The van der Waals surface area contributed by atoms with Gasteiger partial charge in [-0.05, 0) is 56.2 Å². The van der Waals surface area contributed by atoms with Crippen LogP contribution in [0.25, 0.3) is 5.76 Å². The number of benzene rings is 2. The number of ketones is 2. The third-order valence-electron chi connectivity index (χ3n) is 6.91. The zero-order valence-corrected chi connectivity index (χ0v) is 24.7. The number of Topliss-reactive ketones (excluding diaryl/α,β-unsaturated/α-hetero) is 2. The van der Waals surface area contributed by atoms with Crippen molar-refractivity contribution >= 4 is 39.7 Å². The number of carbonyl (C=O) groups excluding carboxylic acids is 3. The molecule has 1 N–H and O–H groups in total. The average Bonchev–Trinajstić information content (AvgIpc) is 3.49. The summed E-state index contributed by atoms with van der Waals surface area (Å²) in [4.78, 5) is 45.6. The zero-order chi connectivity index (χ0) is 30.0. The Morgan fingerprint density at radius 2 is 1.83 bits per heavy atom. The van der Waals surface area contributed by atoms with Crippen molar-refractivity contribution in [2.45, 2.75) is 46.6 Å². The number of thiazole rings is 1. The van der Waals surface area contributed by atoms with Crippen LogP contribution >= 0.6 is 11.3 Å². The minimum absolute atomic E-state index is 0.129. The first-order valence-electron chi connectivity index (χ1n) is 13.8. The Balaban J connectivity index is 1.68. The van der Waals surface area contributed by atoms with E-state index in [9.17, 15) is 19.5 Å². The summed E-state index contributed by atoms with van der Waals surface area (Å²) in [6.07, 6.45) is 1.83.